The number of carbonyl (C=O) groups is 2. The molecule has 7 nitrogen and oxygen atoms in total. The highest BCUT2D eigenvalue weighted by Gasteiger charge is 2.19. The van der Waals surface area contributed by atoms with Gasteiger partial charge in [0.05, 0.1) is 5.75 Å². The largest absolute Gasteiger partial charge is 0.351 e. The van der Waals surface area contributed by atoms with Gasteiger partial charge in [0.1, 0.15) is 0 Å². The summed E-state index contributed by atoms with van der Waals surface area (Å²) < 4.78 is 2.01. The second-order valence-corrected chi connectivity index (χ2v) is 5.94. The van der Waals surface area contributed by atoms with Crippen molar-refractivity contribution >= 4 is 23.7 Å². The molecule has 122 valence electrons. The molecule has 0 radical (unpaired) electrons. The molecule has 3 N–H and O–H groups in total. The second-order valence-electron chi connectivity index (χ2n) is 5.00. The van der Waals surface area contributed by atoms with Crippen LogP contribution in [-0.4, -0.2) is 32.5 Å². The van der Waals surface area contributed by atoms with Crippen molar-refractivity contribution < 1.29 is 9.59 Å². The number of hydrogen-bond donors (Lipinski definition) is 2. The zero-order valence-corrected chi connectivity index (χ0v) is 13.8. The average Bonchev–Trinajstić information content (AvgIpc) is 2.96. The van der Waals surface area contributed by atoms with Crippen LogP contribution in [0.2, 0.25) is 0 Å². The smallest absolute Gasteiger partial charge is 0.318 e. The zero-order valence-electron chi connectivity index (χ0n) is 13.0. The standard InChI is InChI=1S/C15H19N5O2S/c1-3-10(2)20-13(11-7-5-4-6-8-11)18-19-15(20)23-9-12(21)17-14(16)22/h4-8,10H,3,9H2,1-2H3,(H3,16,17,21,22). The first kappa shape index (κ1) is 17.0. The lowest BCUT2D eigenvalue weighted by atomic mass is 10.2. The van der Waals surface area contributed by atoms with Crippen LogP contribution in [-0.2, 0) is 4.79 Å². The molecule has 0 fully saturated rings. The van der Waals surface area contributed by atoms with Crippen LogP contribution in [0.1, 0.15) is 26.3 Å². The minimum absolute atomic E-state index is 0.0479. The maximum absolute atomic E-state index is 11.6. The Labute approximate surface area is 138 Å². The van der Waals surface area contributed by atoms with E-state index in [9.17, 15) is 9.59 Å². The van der Waals surface area contributed by atoms with Crippen LogP contribution in [0.4, 0.5) is 4.79 Å². The van der Waals surface area contributed by atoms with Gasteiger partial charge in [-0.25, -0.2) is 4.79 Å². The molecule has 23 heavy (non-hydrogen) atoms. The van der Waals surface area contributed by atoms with Gasteiger partial charge in [0.25, 0.3) is 0 Å². The molecule has 3 amide bonds. The maximum atomic E-state index is 11.6. The van der Waals surface area contributed by atoms with Crippen molar-refractivity contribution in [2.24, 2.45) is 5.73 Å². The molecular formula is C15H19N5O2S. The summed E-state index contributed by atoms with van der Waals surface area (Å²) >= 11 is 1.23. The molecule has 2 rings (SSSR count). The van der Waals surface area contributed by atoms with E-state index in [0.717, 1.165) is 17.8 Å². The minimum Gasteiger partial charge on any atom is -0.351 e. The van der Waals surface area contributed by atoms with Gasteiger partial charge in [0.15, 0.2) is 11.0 Å². The van der Waals surface area contributed by atoms with Gasteiger partial charge in [0, 0.05) is 11.6 Å². The van der Waals surface area contributed by atoms with Gasteiger partial charge in [-0.05, 0) is 13.3 Å². The number of thioether (sulfide) groups is 1. The minimum atomic E-state index is -0.857. The monoisotopic (exact) mass is 333 g/mol. The third-order valence-electron chi connectivity index (χ3n) is 3.32. The molecule has 1 aromatic carbocycles. The molecule has 0 aliphatic heterocycles. The van der Waals surface area contributed by atoms with Gasteiger partial charge in [-0.2, -0.15) is 0 Å². The van der Waals surface area contributed by atoms with E-state index in [1.807, 2.05) is 40.2 Å². The molecule has 0 bridgehead atoms. The molecule has 0 spiro atoms. The summed E-state index contributed by atoms with van der Waals surface area (Å²) in [4.78, 5) is 22.2. The van der Waals surface area contributed by atoms with Gasteiger partial charge in [-0.3, -0.25) is 14.7 Å². The summed E-state index contributed by atoms with van der Waals surface area (Å²) in [7, 11) is 0. The lowest BCUT2D eigenvalue weighted by Crippen LogP contribution is -2.36. The Morgan fingerprint density at radius 2 is 2.00 bits per heavy atom. The van der Waals surface area contributed by atoms with E-state index in [1.54, 1.807) is 0 Å². The molecule has 2 aromatic rings. The maximum Gasteiger partial charge on any atom is 0.318 e. The van der Waals surface area contributed by atoms with E-state index in [2.05, 4.69) is 24.0 Å². The van der Waals surface area contributed by atoms with Crippen LogP contribution in [0, 0.1) is 0 Å². The van der Waals surface area contributed by atoms with Crippen molar-refractivity contribution in [1.82, 2.24) is 20.1 Å². The molecular weight excluding hydrogens is 314 g/mol. The number of urea groups is 1. The van der Waals surface area contributed by atoms with E-state index in [-0.39, 0.29) is 11.8 Å². The predicted molar refractivity (Wildman–Crippen MR) is 88.9 cm³/mol. The third kappa shape index (κ3) is 4.32. The molecule has 1 heterocycles. The number of carbonyl (C=O) groups excluding carboxylic acids is 2. The van der Waals surface area contributed by atoms with E-state index in [4.69, 9.17) is 5.73 Å². The van der Waals surface area contributed by atoms with Crippen LogP contribution >= 0.6 is 11.8 Å². The highest BCUT2D eigenvalue weighted by atomic mass is 32.2. The Balaban J connectivity index is 2.25. The average molecular weight is 333 g/mol. The molecule has 0 aliphatic carbocycles. The first-order chi connectivity index (χ1) is 11.0. The molecule has 0 aliphatic rings. The first-order valence-corrected chi connectivity index (χ1v) is 8.23. The van der Waals surface area contributed by atoms with Crippen LogP contribution in [0.15, 0.2) is 35.5 Å². The topological polar surface area (TPSA) is 103 Å². The summed E-state index contributed by atoms with van der Waals surface area (Å²) in [5.41, 5.74) is 5.90. The van der Waals surface area contributed by atoms with Crippen molar-refractivity contribution in [1.29, 1.82) is 0 Å². The number of nitrogens with two attached hydrogens (primary N) is 1. The van der Waals surface area contributed by atoms with Gasteiger partial charge in [-0.1, -0.05) is 49.0 Å². The predicted octanol–water partition coefficient (Wildman–Crippen LogP) is 2.20. The lowest BCUT2D eigenvalue weighted by Gasteiger charge is -2.16. The molecule has 1 unspecified atom stereocenters. The molecule has 1 atom stereocenters. The molecule has 1 aromatic heterocycles. The quantitative estimate of drug-likeness (QED) is 0.789. The Morgan fingerprint density at radius 3 is 2.61 bits per heavy atom. The zero-order chi connectivity index (χ0) is 16.8. The lowest BCUT2D eigenvalue weighted by molar-refractivity contribution is -0.117. The van der Waals surface area contributed by atoms with E-state index in [1.165, 1.54) is 11.8 Å². The number of aromatic nitrogens is 3. The van der Waals surface area contributed by atoms with Crippen LogP contribution in [0.3, 0.4) is 0 Å². The van der Waals surface area contributed by atoms with Gasteiger partial charge in [-0.15, -0.1) is 10.2 Å². The van der Waals surface area contributed by atoms with Crippen LogP contribution < -0.4 is 11.1 Å². The number of amides is 3. The van der Waals surface area contributed by atoms with Crippen molar-refractivity contribution in [3.63, 3.8) is 0 Å². The summed E-state index contributed by atoms with van der Waals surface area (Å²) in [6.07, 6.45) is 0.902. The van der Waals surface area contributed by atoms with Crippen LogP contribution in [0.5, 0.6) is 0 Å². The Bertz CT molecular complexity index is 686. The summed E-state index contributed by atoms with van der Waals surface area (Å²) in [5, 5.41) is 11.1. The Morgan fingerprint density at radius 1 is 1.30 bits per heavy atom. The van der Waals surface area contributed by atoms with Gasteiger partial charge >= 0.3 is 6.03 Å². The fourth-order valence-electron chi connectivity index (χ4n) is 2.04. The van der Waals surface area contributed by atoms with Crippen molar-refractivity contribution in [2.75, 3.05) is 5.75 Å². The normalized spacial score (nSPS) is 11.9. The first-order valence-electron chi connectivity index (χ1n) is 7.25. The van der Waals surface area contributed by atoms with E-state index < -0.39 is 11.9 Å². The number of primary amides is 1. The number of nitrogens with one attached hydrogen (secondary N) is 1. The molecule has 0 saturated heterocycles. The summed E-state index contributed by atoms with van der Waals surface area (Å²) in [6.45, 7) is 4.15. The highest BCUT2D eigenvalue weighted by molar-refractivity contribution is 7.99. The van der Waals surface area contributed by atoms with Crippen molar-refractivity contribution in [2.45, 2.75) is 31.5 Å². The second kappa shape index (κ2) is 7.77. The number of benzene rings is 1. The molecule has 8 heteroatoms. The Kier molecular flexibility index (Phi) is 5.75. The van der Waals surface area contributed by atoms with E-state index in [0.29, 0.717) is 5.16 Å². The highest BCUT2D eigenvalue weighted by Crippen LogP contribution is 2.28. The van der Waals surface area contributed by atoms with Crippen LogP contribution in [0.25, 0.3) is 11.4 Å². The number of nitrogens with zero attached hydrogens (tertiary/aromatic N) is 3. The molecule has 0 saturated carbocycles. The fourth-order valence-corrected chi connectivity index (χ4v) is 2.88. The van der Waals surface area contributed by atoms with Gasteiger partial charge in [0.2, 0.25) is 5.91 Å². The Hall–Kier alpha value is -2.35. The van der Waals surface area contributed by atoms with Gasteiger partial charge < -0.3 is 5.73 Å². The van der Waals surface area contributed by atoms with Crippen molar-refractivity contribution in [3.8, 4) is 11.4 Å². The SMILES string of the molecule is CCC(C)n1c(SCC(=O)NC(N)=O)nnc1-c1ccccc1. The fraction of sp³-hybridized carbons (Fsp3) is 0.333. The number of hydrogen-bond acceptors (Lipinski definition) is 5. The van der Waals surface area contributed by atoms with Crippen molar-refractivity contribution in [3.05, 3.63) is 30.3 Å². The van der Waals surface area contributed by atoms with E-state index >= 15 is 0 Å². The number of imide groups is 1. The number of rotatable bonds is 6. The summed E-state index contributed by atoms with van der Waals surface area (Å²) in [5.74, 6) is 0.354. The summed E-state index contributed by atoms with van der Waals surface area (Å²) in [6, 6.07) is 9.09. The third-order valence-corrected chi connectivity index (χ3v) is 4.27.